The maximum Gasteiger partial charge on any atom is 0.303 e. The van der Waals surface area contributed by atoms with Crippen LogP contribution in [0.2, 0.25) is 0 Å². The Morgan fingerprint density at radius 2 is 1.55 bits per heavy atom. The van der Waals surface area contributed by atoms with E-state index in [1.807, 2.05) is 70.7 Å². The number of ketones is 1. The molecule has 10 nitrogen and oxygen atoms in total. The van der Waals surface area contributed by atoms with Gasteiger partial charge in [-0.05, 0) is 86.0 Å². The second-order valence-corrected chi connectivity index (χ2v) is 17.4. The number of ether oxygens (including phenoxy) is 3. The maximum atomic E-state index is 13.6. The first-order valence-electron chi connectivity index (χ1n) is 20.4. The second kappa shape index (κ2) is 18.5. The Balaban J connectivity index is 1.57. The number of likely N-dealkylation sites (N-methyl/N-ethyl adjacent to an activating group) is 1. The van der Waals surface area contributed by atoms with Gasteiger partial charge in [-0.3, -0.25) is 19.2 Å². The fraction of sp³-hybridized carbons (Fsp3) is 0.609. The number of benzene rings is 2. The highest BCUT2D eigenvalue weighted by Gasteiger charge is 2.48. The molecule has 2 fully saturated rings. The Bertz CT molecular complexity index is 1770. The molecule has 0 radical (unpaired) electrons. The van der Waals surface area contributed by atoms with Crippen LogP contribution in [0.4, 0.5) is 0 Å². The van der Waals surface area contributed by atoms with Gasteiger partial charge in [0.2, 0.25) is 5.91 Å². The fourth-order valence-corrected chi connectivity index (χ4v) is 8.09. The first-order chi connectivity index (χ1) is 26.2. The number of rotatable bonds is 14. The van der Waals surface area contributed by atoms with Crippen molar-refractivity contribution in [3.05, 3.63) is 69.8 Å². The number of piperazine rings is 1. The van der Waals surface area contributed by atoms with Gasteiger partial charge in [0.05, 0.1) is 11.5 Å². The lowest BCUT2D eigenvalue weighted by atomic mass is 9.76. The molecule has 10 heteroatoms. The molecule has 5 atom stereocenters. The molecule has 308 valence electrons. The van der Waals surface area contributed by atoms with Crippen LogP contribution in [-0.4, -0.2) is 89.6 Å². The van der Waals surface area contributed by atoms with Crippen molar-refractivity contribution in [1.82, 2.24) is 9.80 Å². The summed E-state index contributed by atoms with van der Waals surface area (Å²) in [5.74, 6) is -1.06. The molecule has 2 heterocycles. The molecular weight excluding hydrogens is 709 g/mol. The molecule has 0 saturated carbocycles. The van der Waals surface area contributed by atoms with Crippen LogP contribution in [0, 0.1) is 23.7 Å². The average molecular weight is 775 g/mol. The molecule has 0 bridgehead atoms. The number of esters is 2. The van der Waals surface area contributed by atoms with Crippen LogP contribution >= 0.6 is 0 Å². The summed E-state index contributed by atoms with van der Waals surface area (Å²) in [5.41, 5.74) is 4.02. The number of carbonyl (C=O) groups is 4. The lowest BCUT2D eigenvalue weighted by Gasteiger charge is -2.44. The highest BCUT2D eigenvalue weighted by molar-refractivity contribution is 5.93. The van der Waals surface area contributed by atoms with Crippen LogP contribution in [0.15, 0.2) is 36.4 Å². The monoisotopic (exact) mass is 774 g/mol. The Hall–Kier alpha value is -4.02. The molecule has 1 amide bonds. The zero-order valence-electron chi connectivity index (χ0n) is 35.9. The molecule has 0 unspecified atom stereocenters. The lowest BCUT2D eigenvalue weighted by molar-refractivity contribution is -0.225. The molecule has 1 N–H and O–H groups in total. The predicted octanol–water partition coefficient (Wildman–Crippen LogP) is 7.95. The quantitative estimate of drug-likeness (QED) is 0.191. The highest BCUT2D eigenvalue weighted by Crippen LogP contribution is 2.44. The highest BCUT2D eigenvalue weighted by atomic mass is 16.6. The van der Waals surface area contributed by atoms with E-state index in [-0.39, 0.29) is 41.8 Å². The summed E-state index contributed by atoms with van der Waals surface area (Å²) in [6.45, 7) is 26.6. The summed E-state index contributed by atoms with van der Waals surface area (Å²) in [4.78, 5) is 55.9. The van der Waals surface area contributed by atoms with Crippen LogP contribution in [0.25, 0.3) is 6.08 Å². The molecular formula is C46H66N2O8. The maximum absolute atomic E-state index is 13.6. The summed E-state index contributed by atoms with van der Waals surface area (Å²) in [7, 11) is 0. The van der Waals surface area contributed by atoms with Crippen LogP contribution < -0.4 is 0 Å². The van der Waals surface area contributed by atoms with E-state index in [0.29, 0.717) is 31.5 Å². The van der Waals surface area contributed by atoms with E-state index in [4.69, 9.17) is 14.2 Å². The molecule has 2 saturated heterocycles. The van der Waals surface area contributed by atoms with Gasteiger partial charge in [-0.15, -0.1) is 0 Å². The predicted molar refractivity (Wildman–Crippen MR) is 219 cm³/mol. The van der Waals surface area contributed by atoms with E-state index in [9.17, 15) is 24.3 Å². The van der Waals surface area contributed by atoms with E-state index in [1.54, 1.807) is 6.07 Å². The van der Waals surface area contributed by atoms with Gasteiger partial charge in [0.25, 0.3) is 0 Å². The van der Waals surface area contributed by atoms with Crippen molar-refractivity contribution in [1.29, 1.82) is 0 Å². The minimum absolute atomic E-state index is 0.0220. The number of hydrogen-bond donors (Lipinski definition) is 1. The van der Waals surface area contributed by atoms with Crippen molar-refractivity contribution in [2.45, 2.75) is 133 Å². The first-order valence-corrected chi connectivity index (χ1v) is 20.4. The van der Waals surface area contributed by atoms with Gasteiger partial charge in [-0.2, -0.15) is 0 Å². The first kappa shape index (κ1) is 44.7. The lowest BCUT2D eigenvalue weighted by Crippen LogP contribution is -2.52. The van der Waals surface area contributed by atoms with Gasteiger partial charge in [-0.25, -0.2) is 0 Å². The van der Waals surface area contributed by atoms with Crippen molar-refractivity contribution >= 4 is 29.7 Å². The molecule has 0 aromatic heterocycles. The normalized spacial score (nSPS) is 22.4. The third-order valence-corrected chi connectivity index (χ3v) is 11.7. The number of phenols is 1. The molecule has 4 rings (SSSR count). The largest absolute Gasteiger partial charge is 0.508 e. The Morgan fingerprint density at radius 3 is 2.11 bits per heavy atom. The second-order valence-electron chi connectivity index (χ2n) is 17.4. The van der Waals surface area contributed by atoms with Gasteiger partial charge in [0.15, 0.2) is 6.10 Å². The van der Waals surface area contributed by atoms with Crippen LogP contribution in [-0.2, 0) is 39.8 Å². The number of hydrogen-bond acceptors (Lipinski definition) is 9. The van der Waals surface area contributed by atoms with Crippen molar-refractivity contribution in [2.24, 2.45) is 16.7 Å². The number of aryl methyl sites for hydroxylation is 1. The van der Waals surface area contributed by atoms with Gasteiger partial charge in [0, 0.05) is 63.3 Å². The van der Waals surface area contributed by atoms with E-state index >= 15 is 0 Å². The third kappa shape index (κ3) is 10.7. The van der Waals surface area contributed by atoms with Gasteiger partial charge < -0.3 is 29.1 Å². The third-order valence-electron chi connectivity index (χ3n) is 11.7. The van der Waals surface area contributed by atoms with E-state index in [2.05, 4.69) is 44.7 Å². The smallest absolute Gasteiger partial charge is 0.303 e. The molecule has 2 aromatic carbocycles. The minimum Gasteiger partial charge on any atom is -0.508 e. The van der Waals surface area contributed by atoms with Gasteiger partial charge >= 0.3 is 11.9 Å². The van der Waals surface area contributed by atoms with Crippen LogP contribution in [0.5, 0.6) is 5.75 Å². The summed E-state index contributed by atoms with van der Waals surface area (Å²) in [5, 5.41) is 11.5. The molecule has 0 spiro atoms. The topological polar surface area (TPSA) is 123 Å². The fourth-order valence-electron chi connectivity index (χ4n) is 8.09. The molecule has 0 aliphatic carbocycles. The average Bonchev–Trinajstić information content (AvgIpc) is 3.13. The summed E-state index contributed by atoms with van der Waals surface area (Å²) in [6.07, 6.45) is 2.43. The number of phenolic OH excluding ortho intramolecular Hbond substituents is 1. The van der Waals surface area contributed by atoms with Crippen molar-refractivity contribution < 1.29 is 38.5 Å². The van der Waals surface area contributed by atoms with E-state index in [0.717, 1.165) is 47.5 Å². The number of nitrogens with zero attached hydrogens (tertiary/aromatic N) is 2. The van der Waals surface area contributed by atoms with Crippen molar-refractivity contribution in [3.63, 3.8) is 0 Å². The summed E-state index contributed by atoms with van der Waals surface area (Å²) >= 11 is 0. The summed E-state index contributed by atoms with van der Waals surface area (Å²) in [6, 6.07) is 9.94. The Kier molecular flexibility index (Phi) is 14.8. The number of Topliss-reactive ketones (excluding diaryl/α,β-unsaturated/α-hetero) is 1. The Morgan fingerprint density at radius 1 is 0.929 bits per heavy atom. The van der Waals surface area contributed by atoms with E-state index < -0.39 is 41.1 Å². The molecule has 2 aliphatic heterocycles. The Labute approximate surface area is 334 Å². The molecule has 2 aromatic rings. The van der Waals surface area contributed by atoms with Crippen molar-refractivity contribution in [2.75, 3.05) is 32.7 Å². The number of carbonyl (C=O) groups excluding carboxylic acids is 4. The SMILES string of the molecule is CC[C@H]1O[C@@H](c2cc(Cc3ccc(/C=C/C(C)(C)C(=O)CC(C)(C)C(=O)N4CCN(CC)CC4)cc3C)c(C(C)C)cc2O)[C@H](OC(C)=O)[C@@H](OC(C)=O)[C@@H]1C. The van der Waals surface area contributed by atoms with Gasteiger partial charge in [-0.1, -0.05) is 78.8 Å². The van der Waals surface area contributed by atoms with Crippen molar-refractivity contribution in [3.8, 4) is 5.75 Å². The van der Waals surface area contributed by atoms with Crippen LogP contribution in [0.1, 0.15) is 134 Å². The van der Waals surface area contributed by atoms with Gasteiger partial charge in [0.1, 0.15) is 23.7 Å². The molecule has 2 aliphatic rings. The standard InChI is InChI=1S/C46H66N2O8/c1-13-39-30(6)41(54-31(7)49)43(55-32(8)50)42(56-39)37-25-35(36(28(3)4)26-38(37)51)24-34-16-15-33(23-29(34)5)17-18-45(9,10)40(52)27-46(11,12)44(53)48-21-19-47(14-2)20-22-48/h15-18,23,25-26,28,30,39,41-43,51H,13-14,19-22,24,27H2,1-12H3/b18-17+/t30-,39-,41+,42+,43-/m1/s1. The van der Waals surface area contributed by atoms with Crippen LogP contribution in [0.3, 0.4) is 0 Å². The van der Waals surface area contributed by atoms with E-state index in [1.165, 1.54) is 13.8 Å². The molecule has 56 heavy (non-hydrogen) atoms. The number of allylic oxidation sites excluding steroid dienone is 1. The number of amides is 1. The number of aromatic hydroxyl groups is 1. The zero-order valence-corrected chi connectivity index (χ0v) is 35.9. The summed E-state index contributed by atoms with van der Waals surface area (Å²) < 4.78 is 18.1. The zero-order chi connectivity index (χ0) is 41.7. The minimum atomic E-state index is -0.949.